The van der Waals surface area contributed by atoms with Crippen molar-refractivity contribution in [2.24, 2.45) is 0 Å². The Labute approximate surface area is 126 Å². The summed E-state index contributed by atoms with van der Waals surface area (Å²) in [6, 6.07) is 0. The smallest absolute Gasteiger partial charge is 0.236 e. The van der Waals surface area contributed by atoms with Crippen LogP contribution in [-0.4, -0.2) is 106 Å². The number of carbonyl (C=O) groups is 2. The van der Waals surface area contributed by atoms with Crippen molar-refractivity contribution in [3.05, 3.63) is 0 Å². The van der Waals surface area contributed by atoms with E-state index in [2.05, 4.69) is 0 Å². The first-order valence-corrected chi connectivity index (χ1v) is 8.57. The first-order valence-electron chi connectivity index (χ1n) is 6.73. The van der Waals surface area contributed by atoms with Gasteiger partial charge in [-0.1, -0.05) is 0 Å². The molecule has 0 unspecified atom stereocenters. The number of carbonyl (C=O) groups excluding carboxylic acids is 2. The maximum absolute atomic E-state index is 12.1. The molecule has 8 nitrogen and oxygen atoms in total. The summed E-state index contributed by atoms with van der Waals surface area (Å²) in [6.07, 6.45) is 1.17. The fourth-order valence-electron chi connectivity index (χ4n) is 2.03. The second kappa shape index (κ2) is 7.19. The zero-order valence-corrected chi connectivity index (χ0v) is 13.9. The Balaban J connectivity index is 2.42. The molecule has 1 rings (SSSR count). The van der Waals surface area contributed by atoms with Gasteiger partial charge in [-0.2, -0.15) is 4.31 Å². The van der Waals surface area contributed by atoms with Crippen molar-refractivity contribution >= 4 is 21.8 Å². The van der Waals surface area contributed by atoms with E-state index in [0.717, 1.165) is 0 Å². The van der Waals surface area contributed by atoms with Crippen molar-refractivity contribution in [2.45, 2.75) is 0 Å². The van der Waals surface area contributed by atoms with E-state index in [1.165, 1.54) is 15.5 Å². The van der Waals surface area contributed by atoms with Gasteiger partial charge in [0.1, 0.15) is 0 Å². The maximum atomic E-state index is 12.1. The van der Waals surface area contributed by atoms with Crippen LogP contribution < -0.4 is 0 Å². The molecule has 9 heteroatoms. The van der Waals surface area contributed by atoms with Crippen molar-refractivity contribution in [3.8, 4) is 0 Å². The summed E-state index contributed by atoms with van der Waals surface area (Å²) in [5.74, 6) is -0.149. The zero-order valence-electron chi connectivity index (χ0n) is 13.1. The number of amides is 2. The molecular formula is C12H24N4O4S. The van der Waals surface area contributed by atoms with Gasteiger partial charge in [0.15, 0.2) is 0 Å². The van der Waals surface area contributed by atoms with Gasteiger partial charge in [-0.05, 0) is 7.05 Å². The van der Waals surface area contributed by atoms with Crippen molar-refractivity contribution in [2.75, 3.05) is 66.7 Å². The Morgan fingerprint density at radius 3 is 1.95 bits per heavy atom. The molecule has 1 aliphatic heterocycles. The highest BCUT2D eigenvalue weighted by Gasteiger charge is 2.26. The molecule has 0 saturated carbocycles. The largest absolute Gasteiger partial charge is 0.348 e. The van der Waals surface area contributed by atoms with Gasteiger partial charge in [0, 0.05) is 40.3 Å². The van der Waals surface area contributed by atoms with Gasteiger partial charge in [-0.25, -0.2) is 8.42 Å². The van der Waals surface area contributed by atoms with E-state index in [-0.39, 0.29) is 24.9 Å². The lowest BCUT2D eigenvalue weighted by atomic mass is 10.3. The molecule has 0 aromatic rings. The van der Waals surface area contributed by atoms with Crippen molar-refractivity contribution in [1.29, 1.82) is 0 Å². The Kier molecular flexibility index (Phi) is 6.11. The molecule has 0 aromatic carbocycles. The molecule has 21 heavy (non-hydrogen) atoms. The average Bonchev–Trinajstić information content (AvgIpc) is 2.37. The van der Waals surface area contributed by atoms with Crippen molar-refractivity contribution < 1.29 is 18.0 Å². The van der Waals surface area contributed by atoms with Gasteiger partial charge >= 0.3 is 0 Å². The normalized spacial score (nSPS) is 17.1. The van der Waals surface area contributed by atoms with Crippen LogP contribution in [-0.2, 0) is 19.6 Å². The predicted molar refractivity (Wildman–Crippen MR) is 79.2 cm³/mol. The quantitative estimate of drug-likeness (QED) is 0.592. The third-order valence-electron chi connectivity index (χ3n) is 3.37. The number of nitrogens with zero attached hydrogens (tertiary/aromatic N) is 4. The number of sulfonamides is 1. The lowest BCUT2D eigenvalue weighted by Crippen LogP contribution is -2.52. The van der Waals surface area contributed by atoms with Gasteiger partial charge in [-0.3, -0.25) is 14.5 Å². The molecule has 0 aromatic heterocycles. The van der Waals surface area contributed by atoms with E-state index in [1.807, 2.05) is 0 Å². The summed E-state index contributed by atoms with van der Waals surface area (Å²) in [7, 11) is 1.86. The van der Waals surface area contributed by atoms with Crippen LogP contribution in [0.4, 0.5) is 0 Å². The molecule has 1 aliphatic rings. The third kappa shape index (κ3) is 5.60. The monoisotopic (exact) mass is 320 g/mol. The van der Waals surface area contributed by atoms with Gasteiger partial charge in [0.05, 0.1) is 19.3 Å². The highest BCUT2D eigenvalue weighted by molar-refractivity contribution is 7.88. The molecule has 0 radical (unpaired) electrons. The summed E-state index contributed by atoms with van der Waals surface area (Å²) >= 11 is 0. The highest BCUT2D eigenvalue weighted by atomic mass is 32.2. The summed E-state index contributed by atoms with van der Waals surface area (Å²) < 4.78 is 24.2. The minimum Gasteiger partial charge on any atom is -0.348 e. The number of piperazine rings is 1. The number of likely N-dealkylation sites (N-methyl/N-ethyl adjacent to an activating group) is 2. The molecule has 1 fully saturated rings. The highest BCUT2D eigenvalue weighted by Crippen LogP contribution is 2.06. The van der Waals surface area contributed by atoms with Crippen LogP contribution in [0.5, 0.6) is 0 Å². The van der Waals surface area contributed by atoms with Crippen molar-refractivity contribution in [1.82, 2.24) is 19.0 Å². The number of rotatable bonds is 5. The van der Waals surface area contributed by atoms with E-state index in [9.17, 15) is 18.0 Å². The molecule has 0 N–H and O–H groups in total. The Hall–Kier alpha value is -1.19. The first kappa shape index (κ1) is 17.9. The topological polar surface area (TPSA) is 81.2 Å². The van der Waals surface area contributed by atoms with Crippen LogP contribution in [0, 0.1) is 0 Å². The summed E-state index contributed by atoms with van der Waals surface area (Å²) in [6.45, 7) is 1.76. The molecule has 2 amide bonds. The van der Waals surface area contributed by atoms with Gasteiger partial charge in [0.2, 0.25) is 21.8 Å². The average molecular weight is 320 g/mol. The van der Waals surface area contributed by atoms with Gasteiger partial charge < -0.3 is 9.80 Å². The second-order valence-electron chi connectivity index (χ2n) is 5.50. The minimum absolute atomic E-state index is 0.0628. The third-order valence-corrected chi connectivity index (χ3v) is 4.67. The SMILES string of the molecule is CN(CC(=O)N(C)C)CC(=O)N1CCN(S(C)(=O)=O)CC1. The second-order valence-corrected chi connectivity index (χ2v) is 7.49. The molecule has 0 bridgehead atoms. The zero-order chi connectivity index (χ0) is 16.2. The Morgan fingerprint density at radius 2 is 1.52 bits per heavy atom. The molecule has 122 valence electrons. The predicted octanol–water partition coefficient (Wildman–Crippen LogP) is -1.89. The molecule has 0 aliphatic carbocycles. The minimum atomic E-state index is -3.19. The fourth-order valence-corrected chi connectivity index (χ4v) is 2.85. The van der Waals surface area contributed by atoms with E-state index in [4.69, 9.17) is 0 Å². The lowest BCUT2D eigenvalue weighted by molar-refractivity contribution is -0.135. The van der Waals surface area contributed by atoms with Crippen LogP contribution in [0.25, 0.3) is 0 Å². The van der Waals surface area contributed by atoms with E-state index in [1.54, 1.807) is 30.9 Å². The summed E-state index contributed by atoms with van der Waals surface area (Å²) in [5.41, 5.74) is 0. The van der Waals surface area contributed by atoms with Crippen LogP contribution >= 0.6 is 0 Å². The lowest BCUT2D eigenvalue weighted by Gasteiger charge is -2.34. The van der Waals surface area contributed by atoms with Crippen LogP contribution in [0.1, 0.15) is 0 Å². The van der Waals surface area contributed by atoms with Gasteiger partial charge in [0.25, 0.3) is 0 Å². The van der Waals surface area contributed by atoms with Crippen LogP contribution in [0.15, 0.2) is 0 Å². The maximum Gasteiger partial charge on any atom is 0.236 e. The van der Waals surface area contributed by atoms with E-state index >= 15 is 0 Å². The Bertz CT molecular complexity index is 483. The number of hydrogen-bond donors (Lipinski definition) is 0. The molecule has 0 spiro atoms. The van der Waals surface area contributed by atoms with Crippen LogP contribution in [0.3, 0.4) is 0 Å². The first-order chi connectivity index (χ1) is 9.61. The molecular weight excluding hydrogens is 296 g/mol. The van der Waals surface area contributed by atoms with E-state index < -0.39 is 10.0 Å². The standard InChI is InChI=1S/C12H24N4O4S/c1-13(2)11(17)9-14(3)10-12(18)15-5-7-16(8-6-15)21(4,19)20/h5-10H2,1-4H3. The van der Waals surface area contributed by atoms with E-state index in [0.29, 0.717) is 26.2 Å². The summed E-state index contributed by atoms with van der Waals surface area (Å²) in [5, 5.41) is 0. The molecule has 1 saturated heterocycles. The molecule has 0 atom stereocenters. The van der Waals surface area contributed by atoms with Crippen molar-refractivity contribution in [3.63, 3.8) is 0 Å². The Morgan fingerprint density at radius 1 is 1.00 bits per heavy atom. The molecule has 1 heterocycles. The van der Waals surface area contributed by atoms with Gasteiger partial charge in [-0.15, -0.1) is 0 Å². The summed E-state index contributed by atoms with van der Waals surface area (Å²) in [4.78, 5) is 28.4. The van der Waals surface area contributed by atoms with Crippen LogP contribution in [0.2, 0.25) is 0 Å². The fraction of sp³-hybridized carbons (Fsp3) is 0.833. The number of hydrogen-bond acceptors (Lipinski definition) is 5.